The third-order valence-electron chi connectivity index (χ3n) is 10.7. The number of benzene rings is 2. The summed E-state index contributed by atoms with van der Waals surface area (Å²) in [6.45, 7) is 2.99. The molecule has 3 aromatic rings. The van der Waals surface area contributed by atoms with Crippen LogP contribution in [0.2, 0.25) is 0 Å². The lowest BCUT2D eigenvalue weighted by atomic mass is 9.94. The summed E-state index contributed by atoms with van der Waals surface area (Å²) in [7, 11) is 1.60. The fourth-order valence-electron chi connectivity index (χ4n) is 7.56. The number of carboxylic acids is 1. The van der Waals surface area contributed by atoms with Crippen molar-refractivity contribution in [3.05, 3.63) is 66.7 Å². The highest BCUT2D eigenvalue weighted by atomic mass is 16.5. The van der Waals surface area contributed by atoms with Crippen LogP contribution >= 0.6 is 0 Å². The molecule has 11 nitrogen and oxygen atoms in total. The highest BCUT2D eigenvalue weighted by Gasteiger charge is 2.46. The molecule has 52 heavy (non-hydrogen) atoms. The number of methoxy groups -OCH3 is 1. The molecule has 11 heteroatoms. The fraction of sp³-hybridized carbons (Fsp3) is 0.488. The summed E-state index contributed by atoms with van der Waals surface area (Å²) in [6.07, 6.45) is 10.3. The van der Waals surface area contributed by atoms with E-state index < -0.39 is 35.5 Å². The van der Waals surface area contributed by atoms with Gasteiger partial charge in [0.1, 0.15) is 29.2 Å². The maximum atomic E-state index is 14.6. The highest BCUT2D eigenvalue weighted by Crippen LogP contribution is 2.35. The number of fused-ring (bicyclic) bond motifs is 2. The molecular weight excluding hydrogens is 660 g/mol. The van der Waals surface area contributed by atoms with Crippen molar-refractivity contribution >= 4 is 34.6 Å². The van der Waals surface area contributed by atoms with E-state index in [-0.39, 0.29) is 37.6 Å². The number of carboxylic acid groups (broad SMARTS) is 1. The summed E-state index contributed by atoms with van der Waals surface area (Å²) in [5, 5.41) is 13.7. The highest BCUT2D eigenvalue weighted by molar-refractivity contribution is 5.94. The molecule has 3 aliphatic rings. The van der Waals surface area contributed by atoms with Gasteiger partial charge in [-0.15, -0.1) is 0 Å². The normalized spacial score (nSPS) is 25.4. The van der Waals surface area contributed by atoms with Crippen LogP contribution in [0.4, 0.5) is 0 Å². The van der Waals surface area contributed by atoms with Gasteiger partial charge < -0.3 is 29.7 Å². The van der Waals surface area contributed by atoms with Gasteiger partial charge in [-0.2, -0.15) is 0 Å². The third-order valence-corrected chi connectivity index (χ3v) is 10.7. The van der Waals surface area contributed by atoms with Gasteiger partial charge in [0.15, 0.2) is 0 Å². The maximum absolute atomic E-state index is 14.6. The van der Waals surface area contributed by atoms with Gasteiger partial charge in [0.2, 0.25) is 17.7 Å². The van der Waals surface area contributed by atoms with Gasteiger partial charge >= 0.3 is 5.97 Å². The molecular formula is C41H50N4O7. The predicted octanol–water partition coefficient (Wildman–Crippen LogP) is 6.15. The average molecular weight is 711 g/mol. The quantitative estimate of drug-likeness (QED) is 0.279. The smallest absolute Gasteiger partial charge is 0.329 e. The Balaban J connectivity index is 1.34. The molecule has 1 aromatic heterocycles. The summed E-state index contributed by atoms with van der Waals surface area (Å²) < 4.78 is 12.2. The van der Waals surface area contributed by atoms with Crippen LogP contribution in [0.1, 0.15) is 77.6 Å². The number of aliphatic carboxylic acids is 1. The molecule has 0 saturated carbocycles. The van der Waals surface area contributed by atoms with Gasteiger partial charge in [0.05, 0.1) is 24.9 Å². The predicted molar refractivity (Wildman–Crippen MR) is 198 cm³/mol. The Kier molecular flexibility index (Phi) is 11.8. The number of hydrogen-bond donors (Lipinski definition) is 2. The van der Waals surface area contributed by atoms with Crippen molar-refractivity contribution in [3.63, 3.8) is 0 Å². The van der Waals surface area contributed by atoms with E-state index in [2.05, 4.69) is 5.32 Å². The lowest BCUT2D eigenvalue weighted by Crippen LogP contribution is -2.57. The van der Waals surface area contributed by atoms with Crippen molar-refractivity contribution in [1.82, 2.24) is 20.1 Å². The van der Waals surface area contributed by atoms with Crippen molar-refractivity contribution in [2.24, 2.45) is 5.92 Å². The van der Waals surface area contributed by atoms with Crippen molar-refractivity contribution in [1.29, 1.82) is 0 Å². The number of carbonyl (C=O) groups excluding carboxylic acids is 3. The molecule has 276 valence electrons. The first-order valence-corrected chi connectivity index (χ1v) is 18.6. The third kappa shape index (κ3) is 8.57. The number of ether oxygens (including phenoxy) is 2. The second kappa shape index (κ2) is 16.6. The number of nitrogens with one attached hydrogen (secondary N) is 1. The molecule has 4 atom stereocenters. The first-order chi connectivity index (χ1) is 25.1. The molecule has 3 amide bonds. The molecule has 2 aromatic carbocycles. The number of nitrogens with zero attached hydrogens (tertiary/aromatic N) is 3. The van der Waals surface area contributed by atoms with Crippen LogP contribution in [-0.2, 0) is 19.2 Å². The summed E-state index contributed by atoms with van der Waals surface area (Å²) in [5.74, 6) is -1.42. The topological polar surface area (TPSA) is 138 Å². The Morgan fingerprint density at radius 2 is 1.75 bits per heavy atom. The van der Waals surface area contributed by atoms with Gasteiger partial charge in [0, 0.05) is 54.9 Å². The lowest BCUT2D eigenvalue weighted by molar-refractivity contribution is -0.149. The minimum absolute atomic E-state index is 0.0301. The van der Waals surface area contributed by atoms with Crippen LogP contribution in [0.3, 0.4) is 0 Å². The van der Waals surface area contributed by atoms with E-state index >= 15 is 0 Å². The number of rotatable bonds is 7. The molecule has 0 spiro atoms. The van der Waals surface area contributed by atoms with Crippen LogP contribution in [0, 0.1) is 5.92 Å². The summed E-state index contributed by atoms with van der Waals surface area (Å²) in [6, 6.07) is 16.2. The van der Waals surface area contributed by atoms with Crippen molar-refractivity contribution in [2.45, 2.75) is 95.2 Å². The summed E-state index contributed by atoms with van der Waals surface area (Å²) in [5.41, 5.74) is 0.683. The SMILES string of the molecule is COc1ccc2c(O[C@@H]3C[C@H]4C(=O)NC(C)(C(=O)O)C/C=C\CCCCC[C@H](CC(=O)N5CCCCC5)C(=O)N4C3)cc(-c3ccccc3)nc2c1. The standard InChI is InChI=1S/C41H50N4O7/c1-41(40(49)50)20-12-6-4-3-5-9-17-29(23-37(46)44-21-13-8-14-22-44)39(48)45-27-31(25-35(45)38(47)43-41)52-36-26-33(28-15-10-7-11-16-28)42-34-24-30(51-2)18-19-32(34)36/h6-7,10-12,15-16,18-19,24,26,29,31,35H,3-5,8-9,13-14,17,20-23,25,27H2,1-2H3,(H,43,47)(H,49,50)/b12-6-/t29-,31-,35+,41?/m1/s1. The minimum Gasteiger partial charge on any atom is -0.497 e. The van der Waals surface area contributed by atoms with Crippen molar-refractivity contribution in [3.8, 4) is 22.8 Å². The van der Waals surface area contributed by atoms with Crippen molar-refractivity contribution < 1.29 is 33.8 Å². The second-order valence-electron chi connectivity index (χ2n) is 14.5. The first-order valence-electron chi connectivity index (χ1n) is 18.6. The van der Waals surface area contributed by atoms with Crippen molar-refractivity contribution in [2.75, 3.05) is 26.7 Å². The number of allylic oxidation sites excluding steroid dienone is 1. The molecule has 0 aliphatic carbocycles. The molecule has 2 fully saturated rings. The molecule has 2 saturated heterocycles. The average Bonchev–Trinajstić information content (AvgIpc) is 3.58. The number of piperidine rings is 1. The largest absolute Gasteiger partial charge is 0.497 e. The van der Waals surface area contributed by atoms with E-state index in [9.17, 15) is 24.3 Å². The molecule has 0 radical (unpaired) electrons. The van der Waals surface area contributed by atoms with Gasteiger partial charge in [-0.05, 0) is 64.0 Å². The molecule has 4 heterocycles. The molecule has 0 bridgehead atoms. The molecule has 1 unspecified atom stereocenters. The summed E-state index contributed by atoms with van der Waals surface area (Å²) in [4.78, 5) is 63.1. The second-order valence-corrected chi connectivity index (χ2v) is 14.5. The van der Waals surface area contributed by atoms with Crippen LogP contribution in [0.15, 0.2) is 66.7 Å². The Morgan fingerprint density at radius 1 is 0.981 bits per heavy atom. The molecule has 2 N–H and O–H groups in total. The number of carbonyl (C=O) groups is 4. The van der Waals surface area contributed by atoms with Crippen LogP contribution in [0.25, 0.3) is 22.2 Å². The zero-order chi connectivity index (χ0) is 36.7. The zero-order valence-corrected chi connectivity index (χ0v) is 30.2. The van der Waals surface area contributed by atoms with E-state index in [1.807, 2.05) is 71.6 Å². The monoisotopic (exact) mass is 710 g/mol. The van der Waals surface area contributed by atoms with Crippen LogP contribution in [0.5, 0.6) is 11.5 Å². The number of pyridine rings is 1. The van der Waals surface area contributed by atoms with Crippen LogP contribution in [-0.4, -0.2) is 88.0 Å². The minimum atomic E-state index is -1.57. The molecule has 6 rings (SSSR count). The van der Waals surface area contributed by atoms with Gasteiger partial charge in [0.25, 0.3) is 0 Å². The van der Waals surface area contributed by atoms with Gasteiger partial charge in [-0.3, -0.25) is 14.4 Å². The number of hydrogen-bond acceptors (Lipinski definition) is 7. The number of amides is 3. The zero-order valence-electron chi connectivity index (χ0n) is 30.2. The Morgan fingerprint density at radius 3 is 2.50 bits per heavy atom. The first kappa shape index (κ1) is 36.8. The lowest BCUT2D eigenvalue weighted by Gasteiger charge is -2.32. The maximum Gasteiger partial charge on any atom is 0.329 e. The van der Waals surface area contributed by atoms with E-state index in [0.717, 1.165) is 55.9 Å². The fourth-order valence-corrected chi connectivity index (χ4v) is 7.56. The van der Waals surface area contributed by atoms with E-state index in [0.29, 0.717) is 42.2 Å². The van der Waals surface area contributed by atoms with E-state index in [4.69, 9.17) is 14.5 Å². The Hall–Kier alpha value is -4.93. The van der Waals surface area contributed by atoms with E-state index in [1.54, 1.807) is 7.11 Å². The molecule has 3 aliphatic heterocycles. The Bertz CT molecular complexity index is 1790. The number of likely N-dealkylation sites (tertiary alicyclic amines) is 1. The van der Waals surface area contributed by atoms with E-state index in [1.165, 1.54) is 11.8 Å². The summed E-state index contributed by atoms with van der Waals surface area (Å²) >= 11 is 0. The number of aromatic nitrogens is 1. The van der Waals surface area contributed by atoms with Gasteiger partial charge in [-0.25, -0.2) is 9.78 Å². The van der Waals surface area contributed by atoms with Crippen LogP contribution < -0.4 is 14.8 Å². The van der Waals surface area contributed by atoms with Gasteiger partial charge in [-0.1, -0.05) is 55.3 Å². The Labute approximate surface area is 305 Å².